The van der Waals surface area contributed by atoms with Gasteiger partial charge in [-0.15, -0.1) is 5.10 Å². The number of rotatable bonds is 5. The number of nitrogen functional groups attached to an aromatic ring is 1. The number of piperidine rings is 1. The van der Waals surface area contributed by atoms with Gasteiger partial charge < -0.3 is 15.8 Å². The number of methoxy groups -OCH3 is 1. The highest BCUT2D eigenvalue weighted by Gasteiger charge is 2.58. The van der Waals surface area contributed by atoms with E-state index in [0.29, 0.717) is 5.82 Å². The molecule has 150 valence electrons. The Labute approximate surface area is 166 Å². The van der Waals surface area contributed by atoms with Crippen LogP contribution in [0.1, 0.15) is 56.5 Å². The highest BCUT2D eigenvalue weighted by molar-refractivity contribution is 5.31. The zero-order chi connectivity index (χ0) is 19.6. The molecule has 28 heavy (non-hydrogen) atoms. The minimum absolute atomic E-state index is 0.119. The van der Waals surface area contributed by atoms with Crippen molar-refractivity contribution in [1.29, 1.82) is 0 Å². The molecule has 2 heterocycles. The van der Waals surface area contributed by atoms with Crippen LogP contribution in [0.2, 0.25) is 0 Å². The quantitative estimate of drug-likeness (QED) is 0.731. The molecule has 4 rings (SSSR count). The van der Waals surface area contributed by atoms with Crippen LogP contribution in [0.5, 0.6) is 5.75 Å². The van der Waals surface area contributed by atoms with Crippen LogP contribution < -0.4 is 21.1 Å². The number of nitrogens with one attached hydrogen (secondary N) is 2. The molecule has 1 saturated heterocycles. The minimum atomic E-state index is -0.323. The van der Waals surface area contributed by atoms with E-state index in [9.17, 15) is 0 Å². The fourth-order valence-electron chi connectivity index (χ4n) is 5.23. The largest absolute Gasteiger partial charge is 0.497 e. The number of aromatic nitrogens is 3. The second-order valence-electron chi connectivity index (χ2n) is 8.13. The Morgan fingerprint density at radius 3 is 2.57 bits per heavy atom. The first-order valence-corrected chi connectivity index (χ1v) is 10.2. The molecule has 2 aliphatic rings. The third-order valence-electron chi connectivity index (χ3n) is 6.71. The summed E-state index contributed by atoms with van der Waals surface area (Å²) in [6, 6.07) is 8.39. The number of nitrogens with two attached hydrogens (primary N) is 1. The Morgan fingerprint density at radius 1 is 1.14 bits per heavy atom. The summed E-state index contributed by atoms with van der Waals surface area (Å²) in [7, 11) is 1.69. The van der Waals surface area contributed by atoms with Gasteiger partial charge in [-0.3, -0.25) is 5.32 Å². The summed E-state index contributed by atoms with van der Waals surface area (Å²) in [5, 5.41) is 16.1. The molecule has 0 radical (unpaired) electrons. The average molecular weight is 383 g/mol. The Bertz CT molecular complexity index is 805. The third kappa shape index (κ3) is 3.22. The Balaban J connectivity index is 1.72. The monoisotopic (exact) mass is 382 g/mol. The number of nitrogens with zero attached hydrogens (tertiary/aromatic N) is 3. The zero-order valence-electron chi connectivity index (χ0n) is 16.7. The first kappa shape index (κ1) is 19.1. The lowest BCUT2D eigenvalue weighted by molar-refractivity contribution is 0.0561. The number of hydrogen-bond acceptors (Lipinski definition) is 7. The smallest absolute Gasteiger partial charge is 0.173 e. The van der Waals surface area contributed by atoms with Crippen molar-refractivity contribution < 1.29 is 4.74 Å². The van der Waals surface area contributed by atoms with Gasteiger partial charge in [0.15, 0.2) is 5.82 Å². The SMILES string of the molecule is COc1ccc(C(C)NC2(c3nncc(N)n3)CCCC23CCNCC3)cc1. The standard InChI is InChI=1S/C21H30N6O/c1-15(16-4-6-17(28-2)7-5-16)26-21(19-25-18(22)14-24-27-19)9-3-8-20(21)10-12-23-13-11-20/h4-7,14-15,23,26H,3,8-13H2,1-2H3,(H2,22,25,27). The number of hydrogen-bond donors (Lipinski definition) is 3. The van der Waals surface area contributed by atoms with Crippen LogP contribution >= 0.6 is 0 Å². The molecule has 2 unspecified atom stereocenters. The van der Waals surface area contributed by atoms with Crippen LogP contribution in [0, 0.1) is 5.41 Å². The highest BCUT2D eigenvalue weighted by Crippen LogP contribution is 2.57. The van der Waals surface area contributed by atoms with Gasteiger partial charge in [0.05, 0.1) is 18.8 Å². The molecule has 0 amide bonds. The summed E-state index contributed by atoms with van der Waals surface area (Å²) in [5.41, 5.74) is 7.02. The molecule has 7 heteroatoms. The summed E-state index contributed by atoms with van der Waals surface area (Å²) in [6.07, 6.45) is 7.06. The second kappa shape index (κ2) is 7.64. The molecule has 4 N–H and O–H groups in total. The Kier molecular flexibility index (Phi) is 5.21. The van der Waals surface area contributed by atoms with E-state index in [1.165, 1.54) is 18.2 Å². The van der Waals surface area contributed by atoms with Crippen molar-refractivity contribution in [3.8, 4) is 5.75 Å². The predicted octanol–water partition coefficient (Wildman–Crippen LogP) is 2.56. The van der Waals surface area contributed by atoms with Crippen molar-refractivity contribution >= 4 is 5.82 Å². The summed E-state index contributed by atoms with van der Waals surface area (Å²) >= 11 is 0. The molecule has 1 aromatic heterocycles. The molecule has 2 atom stereocenters. The highest BCUT2D eigenvalue weighted by atomic mass is 16.5. The van der Waals surface area contributed by atoms with Gasteiger partial charge in [0.25, 0.3) is 0 Å². The second-order valence-corrected chi connectivity index (χ2v) is 8.13. The molecule has 1 aliphatic heterocycles. The van der Waals surface area contributed by atoms with Crippen LogP contribution in [0.4, 0.5) is 5.82 Å². The maximum Gasteiger partial charge on any atom is 0.173 e. The molecular formula is C21H30N6O. The van der Waals surface area contributed by atoms with Gasteiger partial charge in [-0.2, -0.15) is 5.10 Å². The van der Waals surface area contributed by atoms with E-state index in [1.54, 1.807) is 7.11 Å². The van der Waals surface area contributed by atoms with Crippen LogP contribution in [-0.4, -0.2) is 35.4 Å². The predicted molar refractivity (Wildman–Crippen MR) is 109 cm³/mol. The lowest BCUT2D eigenvalue weighted by atomic mass is 9.65. The van der Waals surface area contributed by atoms with Crippen molar-refractivity contribution in [1.82, 2.24) is 25.8 Å². The van der Waals surface area contributed by atoms with Crippen LogP contribution in [0.25, 0.3) is 0 Å². The molecule has 0 bridgehead atoms. The molecule has 1 aliphatic carbocycles. The van der Waals surface area contributed by atoms with Crippen LogP contribution in [-0.2, 0) is 5.54 Å². The number of anilines is 1. The number of ether oxygens (including phenoxy) is 1. The number of benzene rings is 1. The molecule has 1 saturated carbocycles. The third-order valence-corrected chi connectivity index (χ3v) is 6.71. The first-order chi connectivity index (χ1) is 13.6. The first-order valence-electron chi connectivity index (χ1n) is 10.2. The van der Waals surface area contributed by atoms with E-state index >= 15 is 0 Å². The van der Waals surface area contributed by atoms with Gasteiger partial charge in [0.2, 0.25) is 0 Å². The summed E-state index contributed by atoms with van der Waals surface area (Å²) in [5.74, 6) is 2.04. The fraction of sp³-hybridized carbons (Fsp3) is 0.571. The summed E-state index contributed by atoms with van der Waals surface area (Å²) in [6.45, 7) is 4.25. The van der Waals surface area contributed by atoms with Gasteiger partial charge in [0.1, 0.15) is 11.6 Å². The van der Waals surface area contributed by atoms with E-state index in [-0.39, 0.29) is 17.0 Å². The molecule has 2 fully saturated rings. The van der Waals surface area contributed by atoms with Crippen molar-refractivity contribution in [3.05, 3.63) is 41.9 Å². The minimum Gasteiger partial charge on any atom is -0.497 e. The van der Waals surface area contributed by atoms with Crippen molar-refractivity contribution in [3.63, 3.8) is 0 Å². The lowest BCUT2D eigenvalue weighted by Crippen LogP contribution is -2.57. The van der Waals surface area contributed by atoms with Crippen molar-refractivity contribution in [2.24, 2.45) is 5.41 Å². The maximum absolute atomic E-state index is 6.01. The van der Waals surface area contributed by atoms with Gasteiger partial charge in [-0.25, -0.2) is 4.98 Å². The zero-order valence-corrected chi connectivity index (χ0v) is 16.7. The van der Waals surface area contributed by atoms with E-state index in [0.717, 1.165) is 50.3 Å². The summed E-state index contributed by atoms with van der Waals surface area (Å²) in [4.78, 5) is 4.65. The van der Waals surface area contributed by atoms with Crippen LogP contribution in [0.15, 0.2) is 30.5 Å². The lowest BCUT2D eigenvalue weighted by Gasteiger charge is -2.49. The fourth-order valence-corrected chi connectivity index (χ4v) is 5.23. The molecular weight excluding hydrogens is 352 g/mol. The Hall–Kier alpha value is -2.25. The maximum atomic E-state index is 6.01. The topological polar surface area (TPSA) is 98.0 Å². The normalized spacial score (nSPS) is 24.9. The van der Waals surface area contributed by atoms with Crippen molar-refractivity contribution in [2.75, 3.05) is 25.9 Å². The molecule has 2 aromatic rings. The molecule has 1 spiro atoms. The molecule has 1 aromatic carbocycles. The summed E-state index contributed by atoms with van der Waals surface area (Å²) < 4.78 is 5.31. The van der Waals surface area contributed by atoms with Gasteiger partial charge in [-0.05, 0) is 68.8 Å². The van der Waals surface area contributed by atoms with E-state index in [1.807, 2.05) is 12.1 Å². The van der Waals surface area contributed by atoms with Gasteiger partial charge >= 0.3 is 0 Å². The average Bonchev–Trinajstić information content (AvgIpc) is 3.06. The Morgan fingerprint density at radius 2 is 1.89 bits per heavy atom. The van der Waals surface area contributed by atoms with Gasteiger partial charge in [0, 0.05) is 6.04 Å². The van der Waals surface area contributed by atoms with Crippen molar-refractivity contribution in [2.45, 2.75) is 50.6 Å². The van der Waals surface area contributed by atoms with Gasteiger partial charge in [-0.1, -0.05) is 18.6 Å². The van der Waals surface area contributed by atoms with E-state index < -0.39 is 0 Å². The van der Waals surface area contributed by atoms with E-state index in [4.69, 9.17) is 10.5 Å². The van der Waals surface area contributed by atoms with Crippen LogP contribution in [0.3, 0.4) is 0 Å². The van der Waals surface area contributed by atoms with E-state index in [2.05, 4.69) is 44.9 Å². The molecule has 7 nitrogen and oxygen atoms in total.